The van der Waals surface area contributed by atoms with Gasteiger partial charge in [0, 0.05) is 119 Å². The van der Waals surface area contributed by atoms with Crippen LogP contribution in [0.5, 0.6) is 0 Å². The molecule has 6 heterocycles. The first kappa shape index (κ1) is 69.6. The lowest BCUT2D eigenvalue weighted by Crippen LogP contribution is -1.94. The van der Waals surface area contributed by atoms with E-state index in [9.17, 15) is 0 Å². The first-order valence-corrected chi connectivity index (χ1v) is 40.8. The number of rotatable bonds is 7. The van der Waals surface area contributed by atoms with Crippen molar-refractivity contribution in [3.63, 3.8) is 0 Å². The molecule has 9 nitrogen and oxygen atoms in total. The van der Waals surface area contributed by atoms with Crippen molar-refractivity contribution < 1.29 is 0 Å². The highest BCUT2D eigenvalue weighted by molar-refractivity contribution is 6.26. The minimum Gasteiger partial charge on any atom is -0.309 e. The molecule has 0 saturated carbocycles. The molecule has 562 valence electrons. The maximum Gasteiger partial charge on any atom is 0.0971 e. The molecule has 0 saturated heterocycles. The number of para-hydroxylation sites is 2. The highest BCUT2D eigenvalue weighted by Gasteiger charge is 2.21. The molecule has 9 heteroatoms. The minimum absolute atomic E-state index is 0.944. The third kappa shape index (κ3) is 11.5. The van der Waals surface area contributed by atoms with Crippen LogP contribution in [-0.2, 0) is 0 Å². The van der Waals surface area contributed by atoms with E-state index in [4.69, 9.17) is 15.0 Å². The Bertz CT molecular complexity index is 8330. The third-order valence-electron chi connectivity index (χ3n) is 24.4. The predicted octanol–water partition coefficient (Wildman–Crippen LogP) is 28.7. The van der Waals surface area contributed by atoms with Crippen LogP contribution in [0.25, 0.3) is 225 Å². The average molecular weight is 1530 g/mol. The Morgan fingerprint density at radius 3 is 0.692 bits per heavy atom. The van der Waals surface area contributed by atoms with Crippen LogP contribution in [0.1, 0.15) is 16.7 Å². The fourth-order valence-electron chi connectivity index (χ4n) is 18.8. The number of hydrogen-bond donors (Lipinski definition) is 0. The first-order chi connectivity index (χ1) is 59.2. The number of nitrogens with zero attached hydrogens (tertiary/aromatic N) is 9. The van der Waals surface area contributed by atoms with E-state index >= 15 is 0 Å². The van der Waals surface area contributed by atoms with Gasteiger partial charge >= 0.3 is 0 Å². The summed E-state index contributed by atoms with van der Waals surface area (Å²) in [5, 5.41) is 21.7. The number of aryl methyl sites for hydroxylation is 3. The zero-order valence-corrected chi connectivity index (χ0v) is 66.0. The van der Waals surface area contributed by atoms with E-state index in [2.05, 4.69) is 401 Å². The summed E-state index contributed by atoms with van der Waals surface area (Å²) in [5.41, 5.74) is 29.9. The van der Waals surface area contributed by atoms with Crippen molar-refractivity contribution in [1.29, 1.82) is 0 Å². The van der Waals surface area contributed by atoms with Crippen molar-refractivity contribution in [3.8, 4) is 61.6 Å². The molecule has 0 amide bonds. The molecule has 19 aromatic carbocycles. The number of hydrogen-bond acceptors (Lipinski definition) is 6. The molecule has 0 aliphatic rings. The van der Waals surface area contributed by atoms with Crippen LogP contribution in [0.2, 0.25) is 0 Å². The van der Waals surface area contributed by atoms with Gasteiger partial charge in [-0.05, 0) is 213 Å². The molecule has 0 spiro atoms. The first-order valence-electron chi connectivity index (χ1n) is 40.8. The van der Waals surface area contributed by atoms with E-state index in [0.717, 1.165) is 76.8 Å². The molecule has 0 fully saturated rings. The molecule has 0 bridgehead atoms. The van der Waals surface area contributed by atoms with Gasteiger partial charge in [-0.3, -0.25) is 29.9 Å². The Kier molecular flexibility index (Phi) is 16.4. The monoisotopic (exact) mass is 1530 g/mol. The highest BCUT2D eigenvalue weighted by Crippen LogP contribution is 2.43. The minimum atomic E-state index is 0.944. The van der Waals surface area contributed by atoms with Gasteiger partial charge in [0.05, 0.1) is 66.2 Å². The molecular weight excluding hydrogens is 1460 g/mol. The number of benzene rings is 19. The SMILES string of the molecule is Cc1ccc2c(c1)c1cc(C)ccc1n2-c1ccc(-c2ccc3c(c2)c2ccccc2c2nccnc32)cc1.Cc1ccc2c(c1)c1ccccc1n2-c1ccc(-c2ccc3c(c2)c2ccccc2c2nccnc32)cc1.c1ccc(-c2ccc3c(c2)c2ccccc2n3-c2ccc(-c3ccc4c(c3)c3ccccc3c3nccnc43)cc2)cc1. The number of aromatic nitrogens is 9. The summed E-state index contributed by atoms with van der Waals surface area (Å²) in [4.78, 5) is 28.1. The summed E-state index contributed by atoms with van der Waals surface area (Å²) in [6, 6.07) is 127. The molecule has 25 aromatic rings. The van der Waals surface area contributed by atoms with Crippen LogP contribution in [0.4, 0.5) is 0 Å². The molecule has 25 rings (SSSR count). The highest BCUT2D eigenvalue weighted by atomic mass is 15.0. The number of fused-ring (bicyclic) bond motifs is 27. The lowest BCUT2D eigenvalue weighted by Gasteiger charge is -2.12. The zero-order valence-electron chi connectivity index (χ0n) is 66.0. The summed E-state index contributed by atoms with van der Waals surface area (Å²) >= 11 is 0. The van der Waals surface area contributed by atoms with Crippen molar-refractivity contribution in [2.24, 2.45) is 0 Å². The van der Waals surface area contributed by atoms with Crippen LogP contribution >= 0.6 is 0 Å². The fraction of sp³-hybridized carbons (Fsp3) is 0.0270. The summed E-state index contributed by atoms with van der Waals surface area (Å²) in [7, 11) is 0. The molecule has 0 atom stereocenters. The topological polar surface area (TPSA) is 92.1 Å². The van der Waals surface area contributed by atoms with Crippen LogP contribution in [0.15, 0.2) is 389 Å². The smallest absolute Gasteiger partial charge is 0.0971 e. The zero-order chi connectivity index (χ0) is 79.6. The lowest BCUT2D eigenvalue weighted by molar-refractivity contribution is 1.18. The Labute approximate surface area is 690 Å². The second-order valence-electron chi connectivity index (χ2n) is 31.5. The van der Waals surface area contributed by atoms with E-state index in [-0.39, 0.29) is 0 Å². The van der Waals surface area contributed by atoms with E-state index in [1.165, 1.54) is 165 Å². The molecular formula is C111H73N9. The fourth-order valence-corrected chi connectivity index (χ4v) is 18.8. The van der Waals surface area contributed by atoms with Crippen LogP contribution < -0.4 is 0 Å². The van der Waals surface area contributed by atoms with Crippen molar-refractivity contribution in [2.45, 2.75) is 20.8 Å². The standard InChI is InChI=1S/C40H25N3.C36H25N3.C35H23N3/c1-2-8-26(9-3-1)29-17-21-38-36(25-29)32-11-6-7-13-37(32)43(38)30-18-14-27(15-19-30)28-16-20-34-35(24-28)31-10-4-5-12-33(31)39-40(34)42-23-22-41-39;1-22-7-15-33-31(19-22)32-20-23(2)8-16-34(32)39(33)26-12-9-24(10-13-26)25-11-14-29-30(21-25)27-5-3-4-6-28(27)35-36(29)38-18-17-37-35;1-22-10-17-33-31(20-22)27-7-4-5-9-32(27)38(33)25-14-11-23(12-15-25)24-13-16-29-30(21-24)26-6-2-3-8-28(26)34-35(29)37-19-18-36-34/h1-25H;3-21H,1-2H3;2-21H,1H3. The molecule has 6 aromatic heterocycles. The van der Waals surface area contributed by atoms with Crippen molar-refractivity contribution >= 4 is 163 Å². The maximum absolute atomic E-state index is 4.71. The van der Waals surface area contributed by atoms with E-state index in [1.807, 2.05) is 0 Å². The van der Waals surface area contributed by atoms with Gasteiger partial charge < -0.3 is 13.7 Å². The largest absolute Gasteiger partial charge is 0.309 e. The van der Waals surface area contributed by atoms with Gasteiger partial charge in [0.2, 0.25) is 0 Å². The quantitative estimate of drug-likeness (QED) is 0.148. The summed E-state index contributed by atoms with van der Waals surface area (Å²) in [6.07, 6.45) is 10.7. The van der Waals surface area contributed by atoms with Gasteiger partial charge in [-0.1, -0.05) is 253 Å². The Morgan fingerprint density at radius 1 is 0.150 bits per heavy atom. The summed E-state index contributed by atoms with van der Waals surface area (Å²) in [6.45, 7) is 6.48. The second kappa shape index (κ2) is 28.3. The summed E-state index contributed by atoms with van der Waals surface area (Å²) in [5.74, 6) is 0. The van der Waals surface area contributed by atoms with Gasteiger partial charge in [-0.25, -0.2) is 0 Å². The van der Waals surface area contributed by atoms with Crippen molar-refractivity contribution in [2.75, 3.05) is 0 Å². The maximum atomic E-state index is 4.71. The molecule has 0 aliphatic carbocycles. The lowest BCUT2D eigenvalue weighted by atomic mass is 9.95. The van der Waals surface area contributed by atoms with E-state index < -0.39 is 0 Å². The van der Waals surface area contributed by atoms with Gasteiger partial charge in [0.15, 0.2) is 0 Å². The molecule has 0 N–H and O–H groups in total. The van der Waals surface area contributed by atoms with Gasteiger partial charge in [0.25, 0.3) is 0 Å². The van der Waals surface area contributed by atoms with Crippen molar-refractivity contribution in [1.82, 2.24) is 43.6 Å². The van der Waals surface area contributed by atoms with Gasteiger partial charge in [0.1, 0.15) is 0 Å². The molecule has 0 aliphatic heterocycles. The van der Waals surface area contributed by atoms with Crippen LogP contribution in [-0.4, -0.2) is 43.6 Å². The molecule has 0 unspecified atom stereocenters. The Hall–Kier alpha value is -15.8. The van der Waals surface area contributed by atoms with Gasteiger partial charge in [-0.2, -0.15) is 0 Å². The molecule has 120 heavy (non-hydrogen) atoms. The van der Waals surface area contributed by atoms with Crippen LogP contribution in [0.3, 0.4) is 0 Å². The molecule has 0 radical (unpaired) electrons. The van der Waals surface area contributed by atoms with Crippen molar-refractivity contribution in [3.05, 3.63) is 406 Å². The Morgan fingerprint density at radius 2 is 0.367 bits per heavy atom. The van der Waals surface area contributed by atoms with Crippen LogP contribution in [0, 0.1) is 20.8 Å². The van der Waals surface area contributed by atoms with Gasteiger partial charge in [-0.15, -0.1) is 0 Å². The third-order valence-corrected chi connectivity index (χ3v) is 24.4. The summed E-state index contributed by atoms with van der Waals surface area (Å²) < 4.78 is 7.13. The predicted molar refractivity (Wildman–Crippen MR) is 503 cm³/mol. The normalized spacial score (nSPS) is 11.8. The second-order valence-corrected chi connectivity index (χ2v) is 31.5. The van der Waals surface area contributed by atoms with E-state index in [0.29, 0.717) is 0 Å². The Balaban J connectivity index is 0.000000105. The van der Waals surface area contributed by atoms with E-state index in [1.54, 1.807) is 37.2 Å². The average Bonchev–Trinajstić information content (AvgIpc) is 1.69.